The van der Waals surface area contributed by atoms with E-state index in [9.17, 15) is 9.00 Å². The van der Waals surface area contributed by atoms with Crippen molar-refractivity contribution in [3.63, 3.8) is 0 Å². The lowest BCUT2D eigenvalue weighted by Crippen LogP contribution is -2.28. The van der Waals surface area contributed by atoms with Gasteiger partial charge in [0, 0.05) is 35.0 Å². The summed E-state index contributed by atoms with van der Waals surface area (Å²) in [6.45, 7) is 2.58. The summed E-state index contributed by atoms with van der Waals surface area (Å²) in [4.78, 5) is 16.1. The van der Waals surface area contributed by atoms with E-state index >= 15 is 0 Å². The van der Waals surface area contributed by atoms with Crippen LogP contribution in [0.2, 0.25) is 0 Å². The van der Waals surface area contributed by atoms with Crippen LogP contribution in [0.5, 0.6) is 0 Å². The zero-order valence-corrected chi connectivity index (χ0v) is 12.5. The molecular weight excluding hydrogens is 274 g/mol. The number of carbonyl (C=O) groups excluding carboxylic acids is 1. The van der Waals surface area contributed by atoms with Crippen molar-refractivity contribution in [2.24, 2.45) is 5.73 Å². The van der Waals surface area contributed by atoms with Crippen molar-refractivity contribution in [2.75, 3.05) is 19.3 Å². The SMILES string of the molecule is CC(CCNC(=O)c1ncccc1C#CCN)S(C)=O. The molecule has 0 aromatic carbocycles. The minimum absolute atomic E-state index is 0.0514. The van der Waals surface area contributed by atoms with E-state index < -0.39 is 10.8 Å². The lowest BCUT2D eigenvalue weighted by molar-refractivity contribution is 0.0948. The van der Waals surface area contributed by atoms with E-state index in [0.717, 1.165) is 0 Å². The number of nitrogens with zero attached hydrogens (tertiary/aromatic N) is 1. The number of aromatic nitrogens is 1. The second-order valence-corrected chi connectivity index (χ2v) is 6.06. The Balaban J connectivity index is 2.66. The van der Waals surface area contributed by atoms with Gasteiger partial charge in [0.25, 0.3) is 5.91 Å². The fraction of sp³-hybridized carbons (Fsp3) is 0.429. The summed E-state index contributed by atoms with van der Waals surface area (Å²) in [7, 11) is -0.881. The van der Waals surface area contributed by atoms with Gasteiger partial charge >= 0.3 is 0 Å². The van der Waals surface area contributed by atoms with Gasteiger partial charge in [-0.15, -0.1) is 0 Å². The third kappa shape index (κ3) is 5.11. The Kier molecular flexibility index (Phi) is 6.91. The number of nitrogens with one attached hydrogen (secondary N) is 1. The summed E-state index contributed by atoms with van der Waals surface area (Å²) < 4.78 is 11.2. The Hall–Kier alpha value is -1.71. The Morgan fingerprint density at radius 3 is 3.00 bits per heavy atom. The fourth-order valence-electron chi connectivity index (χ4n) is 1.47. The maximum Gasteiger partial charge on any atom is 0.271 e. The van der Waals surface area contributed by atoms with Crippen LogP contribution in [0.15, 0.2) is 18.3 Å². The van der Waals surface area contributed by atoms with E-state index in [0.29, 0.717) is 24.2 Å². The molecule has 1 aromatic rings. The summed E-state index contributed by atoms with van der Waals surface area (Å²) in [6.07, 6.45) is 3.86. The van der Waals surface area contributed by atoms with Gasteiger partial charge in [0.15, 0.2) is 0 Å². The molecule has 0 bridgehead atoms. The van der Waals surface area contributed by atoms with Crippen LogP contribution in [0.25, 0.3) is 0 Å². The van der Waals surface area contributed by atoms with E-state index in [1.807, 2.05) is 6.92 Å². The standard InChI is InChI=1S/C14H19N3O2S/c1-11(20(2)19)7-10-17-14(18)13-12(5-3-8-15)6-4-9-16-13/h4,6,9,11H,7-8,10,15H2,1-2H3,(H,17,18). The molecule has 2 unspecified atom stereocenters. The molecular formula is C14H19N3O2S. The average Bonchev–Trinajstić information content (AvgIpc) is 2.45. The van der Waals surface area contributed by atoms with E-state index in [2.05, 4.69) is 22.1 Å². The van der Waals surface area contributed by atoms with Crippen molar-refractivity contribution in [1.82, 2.24) is 10.3 Å². The zero-order valence-electron chi connectivity index (χ0n) is 11.7. The second-order valence-electron chi connectivity index (χ2n) is 4.26. The molecule has 5 nitrogen and oxygen atoms in total. The lowest BCUT2D eigenvalue weighted by atomic mass is 10.2. The number of hydrogen-bond acceptors (Lipinski definition) is 4. The molecule has 1 amide bonds. The van der Waals surface area contributed by atoms with Crippen LogP contribution >= 0.6 is 0 Å². The van der Waals surface area contributed by atoms with Crippen LogP contribution in [0.1, 0.15) is 29.4 Å². The monoisotopic (exact) mass is 293 g/mol. The van der Waals surface area contributed by atoms with Gasteiger partial charge in [-0.2, -0.15) is 0 Å². The van der Waals surface area contributed by atoms with Gasteiger partial charge in [-0.3, -0.25) is 9.00 Å². The zero-order chi connectivity index (χ0) is 15.0. The molecule has 0 aliphatic rings. The van der Waals surface area contributed by atoms with Crippen LogP contribution in [-0.4, -0.2) is 39.7 Å². The minimum Gasteiger partial charge on any atom is -0.351 e. The van der Waals surface area contributed by atoms with E-state index in [4.69, 9.17) is 5.73 Å². The van der Waals surface area contributed by atoms with E-state index in [1.54, 1.807) is 24.6 Å². The molecule has 20 heavy (non-hydrogen) atoms. The molecule has 2 atom stereocenters. The van der Waals surface area contributed by atoms with Crippen LogP contribution in [-0.2, 0) is 10.8 Å². The van der Waals surface area contributed by atoms with Crippen molar-refractivity contribution in [3.05, 3.63) is 29.6 Å². The largest absolute Gasteiger partial charge is 0.351 e. The first kappa shape index (κ1) is 16.3. The average molecular weight is 293 g/mol. The quantitative estimate of drug-likeness (QED) is 0.764. The highest BCUT2D eigenvalue weighted by molar-refractivity contribution is 7.84. The minimum atomic E-state index is -0.881. The van der Waals surface area contributed by atoms with Crippen molar-refractivity contribution in [3.8, 4) is 11.8 Å². The molecule has 6 heteroatoms. The van der Waals surface area contributed by atoms with Crippen molar-refractivity contribution >= 4 is 16.7 Å². The van der Waals surface area contributed by atoms with E-state index in [-0.39, 0.29) is 17.7 Å². The van der Waals surface area contributed by atoms with E-state index in [1.165, 1.54) is 0 Å². The maximum atomic E-state index is 12.0. The third-order valence-electron chi connectivity index (χ3n) is 2.75. The molecule has 0 spiro atoms. The molecule has 0 radical (unpaired) electrons. The first-order chi connectivity index (χ1) is 9.56. The van der Waals surface area contributed by atoms with Gasteiger partial charge in [0.05, 0.1) is 12.1 Å². The predicted octanol–water partition coefficient (Wildman–Crippen LogP) is 0.279. The van der Waals surface area contributed by atoms with Gasteiger partial charge in [-0.25, -0.2) is 4.98 Å². The fourth-order valence-corrected chi connectivity index (χ4v) is 1.92. The highest BCUT2D eigenvalue weighted by atomic mass is 32.2. The summed E-state index contributed by atoms with van der Waals surface area (Å²) in [5.74, 6) is 5.25. The van der Waals surface area contributed by atoms with Crippen LogP contribution in [0.3, 0.4) is 0 Å². The first-order valence-electron chi connectivity index (χ1n) is 6.30. The van der Waals surface area contributed by atoms with Gasteiger partial charge in [-0.1, -0.05) is 18.8 Å². The molecule has 1 rings (SSSR count). The highest BCUT2D eigenvalue weighted by Crippen LogP contribution is 2.04. The number of hydrogen-bond donors (Lipinski definition) is 2. The molecule has 0 aliphatic carbocycles. The maximum absolute atomic E-state index is 12.0. The molecule has 1 aromatic heterocycles. The van der Waals surface area contributed by atoms with Gasteiger partial charge in [-0.05, 0) is 18.6 Å². The van der Waals surface area contributed by atoms with Crippen LogP contribution < -0.4 is 11.1 Å². The number of rotatable bonds is 5. The summed E-state index contributed by atoms with van der Waals surface area (Å²) in [5, 5.41) is 2.82. The molecule has 0 aliphatic heterocycles. The highest BCUT2D eigenvalue weighted by Gasteiger charge is 2.12. The normalized spacial score (nSPS) is 12.9. The molecule has 1 heterocycles. The number of pyridine rings is 1. The van der Waals surface area contributed by atoms with Gasteiger partial charge in [0.2, 0.25) is 0 Å². The Labute approximate surface area is 121 Å². The number of amides is 1. The second kappa shape index (κ2) is 8.46. The van der Waals surface area contributed by atoms with Gasteiger partial charge < -0.3 is 11.1 Å². The van der Waals surface area contributed by atoms with Crippen molar-refractivity contribution in [2.45, 2.75) is 18.6 Å². The molecule has 108 valence electrons. The van der Waals surface area contributed by atoms with Gasteiger partial charge in [0.1, 0.15) is 5.69 Å². The van der Waals surface area contributed by atoms with Crippen LogP contribution in [0, 0.1) is 11.8 Å². The molecule has 0 fully saturated rings. The predicted molar refractivity (Wildman–Crippen MR) is 80.6 cm³/mol. The molecule has 0 saturated heterocycles. The Bertz CT molecular complexity index is 549. The summed E-state index contributed by atoms with van der Waals surface area (Å²) in [5.41, 5.74) is 6.17. The lowest BCUT2D eigenvalue weighted by Gasteiger charge is -2.09. The summed E-state index contributed by atoms with van der Waals surface area (Å²) in [6, 6.07) is 3.45. The van der Waals surface area contributed by atoms with Crippen molar-refractivity contribution < 1.29 is 9.00 Å². The topological polar surface area (TPSA) is 85.1 Å². The number of carbonyl (C=O) groups is 1. The molecule has 3 N–H and O–H groups in total. The summed E-state index contributed by atoms with van der Waals surface area (Å²) >= 11 is 0. The Morgan fingerprint density at radius 1 is 1.60 bits per heavy atom. The third-order valence-corrected chi connectivity index (χ3v) is 4.12. The first-order valence-corrected chi connectivity index (χ1v) is 7.92. The number of nitrogens with two attached hydrogens (primary N) is 1. The Morgan fingerprint density at radius 2 is 2.35 bits per heavy atom. The smallest absolute Gasteiger partial charge is 0.271 e. The van der Waals surface area contributed by atoms with Crippen LogP contribution in [0.4, 0.5) is 0 Å². The van der Waals surface area contributed by atoms with Crippen molar-refractivity contribution in [1.29, 1.82) is 0 Å². The molecule has 0 saturated carbocycles.